The molecule has 0 atom stereocenters. The van der Waals surface area contributed by atoms with Crippen molar-refractivity contribution in [1.82, 2.24) is 10.0 Å². The minimum atomic E-state index is -3.51. The van der Waals surface area contributed by atoms with Crippen molar-refractivity contribution in [3.05, 3.63) is 53.6 Å². The molecule has 0 aliphatic heterocycles. The van der Waals surface area contributed by atoms with Gasteiger partial charge in [0, 0.05) is 24.7 Å². The maximum atomic E-state index is 12.3. The van der Waals surface area contributed by atoms with Crippen LogP contribution in [-0.2, 0) is 16.4 Å². The van der Waals surface area contributed by atoms with E-state index in [4.69, 9.17) is 14.2 Å². The van der Waals surface area contributed by atoms with E-state index in [0.29, 0.717) is 23.5 Å². The molecule has 0 unspecified atom stereocenters. The Morgan fingerprint density at radius 1 is 0.862 bits per heavy atom. The smallest absolute Gasteiger partial charge is 0.251 e. The lowest BCUT2D eigenvalue weighted by atomic mass is 10.1. The van der Waals surface area contributed by atoms with Crippen molar-refractivity contribution < 1.29 is 27.4 Å². The third-order valence-electron chi connectivity index (χ3n) is 4.16. The van der Waals surface area contributed by atoms with Crippen LogP contribution in [0.1, 0.15) is 15.9 Å². The van der Waals surface area contributed by atoms with Crippen molar-refractivity contribution in [1.29, 1.82) is 0 Å². The third kappa shape index (κ3) is 7.28. The minimum absolute atomic E-state index is 0.0176. The molecule has 0 bridgehead atoms. The van der Waals surface area contributed by atoms with Crippen molar-refractivity contribution in [3.8, 4) is 17.2 Å². The number of ether oxygens (including phenoxy) is 3. The normalized spacial score (nSPS) is 11.0. The van der Waals surface area contributed by atoms with Gasteiger partial charge >= 0.3 is 0 Å². The van der Waals surface area contributed by atoms with Crippen molar-refractivity contribution in [2.45, 2.75) is 6.42 Å². The molecule has 9 heteroatoms. The van der Waals surface area contributed by atoms with Crippen LogP contribution in [0.5, 0.6) is 17.2 Å². The quantitative estimate of drug-likeness (QED) is 0.570. The number of methoxy groups -OCH3 is 3. The standard InChI is InChI=1S/C20H26N2O6S/c1-26-17-6-4-15(5-7-17)8-9-22-29(24,25)11-10-21-20(23)16-12-18(27-2)14-19(13-16)28-3/h4-7,12-14,22H,8-11H2,1-3H3,(H,21,23). The molecule has 0 radical (unpaired) electrons. The molecule has 29 heavy (non-hydrogen) atoms. The van der Waals surface area contributed by atoms with E-state index in [-0.39, 0.29) is 18.8 Å². The molecule has 1 amide bonds. The molecule has 0 heterocycles. The van der Waals surface area contributed by atoms with E-state index >= 15 is 0 Å². The number of hydrogen-bond acceptors (Lipinski definition) is 6. The van der Waals surface area contributed by atoms with Gasteiger partial charge in [0.2, 0.25) is 10.0 Å². The maximum absolute atomic E-state index is 12.3. The Morgan fingerprint density at radius 2 is 1.45 bits per heavy atom. The number of carbonyl (C=O) groups excluding carboxylic acids is 1. The van der Waals surface area contributed by atoms with Crippen LogP contribution < -0.4 is 24.2 Å². The Labute approximate surface area is 171 Å². The van der Waals surface area contributed by atoms with Crippen LogP contribution in [0, 0.1) is 0 Å². The van der Waals surface area contributed by atoms with Crippen LogP contribution in [0.4, 0.5) is 0 Å². The molecule has 0 fully saturated rings. The first-order valence-corrected chi connectivity index (χ1v) is 10.6. The van der Waals surface area contributed by atoms with E-state index < -0.39 is 15.9 Å². The van der Waals surface area contributed by atoms with Gasteiger partial charge in [0.1, 0.15) is 17.2 Å². The van der Waals surface area contributed by atoms with Gasteiger partial charge in [-0.05, 0) is 36.2 Å². The van der Waals surface area contributed by atoms with Gasteiger partial charge < -0.3 is 19.5 Å². The lowest BCUT2D eigenvalue weighted by Crippen LogP contribution is -2.35. The zero-order valence-corrected chi connectivity index (χ0v) is 17.5. The highest BCUT2D eigenvalue weighted by atomic mass is 32.2. The van der Waals surface area contributed by atoms with Crippen molar-refractivity contribution in [2.24, 2.45) is 0 Å². The fourth-order valence-electron chi connectivity index (χ4n) is 2.55. The van der Waals surface area contributed by atoms with Crippen LogP contribution in [-0.4, -0.2) is 54.5 Å². The van der Waals surface area contributed by atoms with Gasteiger partial charge in [0.25, 0.3) is 5.91 Å². The second kappa shape index (κ2) is 10.7. The van der Waals surface area contributed by atoms with Crippen LogP contribution in [0.25, 0.3) is 0 Å². The molecule has 8 nitrogen and oxygen atoms in total. The second-order valence-electron chi connectivity index (χ2n) is 6.17. The molecule has 2 rings (SSSR count). The number of sulfonamides is 1. The van der Waals surface area contributed by atoms with Crippen LogP contribution >= 0.6 is 0 Å². The van der Waals surface area contributed by atoms with Crippen LogP contribution in [0.3, 0.4) is 0 Å². The first-order chi connectivity index (χ1) is 13.9. The van der Waals surface area contributed by atoms with Gasteiger partial charge in [-0.2, -0.15) is 0 Å². The summed E-state index contributed by atoms with van der Waals surface area (Å²) in [4.78, 5) is 12.3. The highest BCUT2D eigenvalue weighted by Crippen LogP contribution is 2.22. The third-order valence-corrected chi connectivity index (χ3v) is 5.55. The Balaban J connectivity index is 1.80. The van der Waals surface area contributed by atoms with E-state index in [9.17, 15) is 13.2 Å². The summed E-state index contributed by atoms with van der Waals surface area (Å²) in [5, 5.41) is 2.60. The summed E-state index contributed by atoms with van der Waals surface area (Å²) in [5.74, 6) is 1.07. The number of carbonyl (C=O) groups is 1. The summed E-state index contributed by atoms with van der Waals surface area (Å²) < 4.78 is 42.1. The summed E-state index contributed by atoms with van der Waals surface area (Å²) in [6.07, 6.45) is 0.555. The molecule has 0 aliphatic carbocycles. The lowest BCUT2D eigenvalue weighted by molar-refractivity contribution is 0.0955. The summed E-state index contributed by atoms with van der Waals surface area (Å²) in [7, 11) is 1.06. The SMILES string of the molecule is COc1ccc(CCNS(=O)(=O)CCNC(=O)c2cc(OC)cc(OC)c2)cc1. The van der Waals surface area contributed by atoms with Gasteiger partial charge in [0.15, 0.2) is 0 Å². The zero-order valence-electron chi connectivity index (χ0n) is 16.7. The van der Waals surface area contributed by atoms with Crippen molar-refractivity contribution in [2.75, 3.05) is 40.2 Å². The monoisotopic (exact) mass is 422 g/mol. The van der Waals surface area contributed by atoms with Gasteiger partial charge in [-0.3, -0.25) is 4.79 Å². The van der Waals surface area contributed by atoms with Crippen LogP contribution in [0.15, 0.2) is 42.5 Å². The molecule has 158 valence electrons. The van der Waals surface area contributed by atoms with E-state index in [2.05, 4.69) is 10.0 Å². The Kier molecular flexibility index (Phi) is 8.29. The Hall–Kier alpha value is -2.78. The summed E-state index contributed by atoms with van der Waals surface area (Å²) >= 11 is 0. The Morgan fingerprint density at radius 3 is 2.00 bits per heavy atom. The van der Waals surface area contributed by atoms with Crippen molar-refractivity contribution >= 4 is 15.9 Å². The highest BCUT2D eigenvalue weighted by molar-refractivity contribution is 7.89. The van der Waals surface area contributed by atoms with Gasteiger partial charge in [-0.15, -0.1) is 0 Å². The van der Waals surface area contributed by atoms with E-state index in [1.54, 1.807) is 25.3 Å². The van der Waals surface area contributed by atoms with E-state index in [0.717, 1.165) is 11.3 Å². The van der Waals surface area contributed by atoms with Crippen molar-refractivity contribution in [3.63, 3.8) is 0 Å². The summed E-state index contributed by atoms with van der Waals surface area (Å²) in [6, 6.07) is 12.2. The van der Waals surface area contributed by atoms with Gasteiger partial charge in [0.05, 0.1) is 27.1 Å². The molecule has 0 aliphatic rings. The molecule has 2 aromatic carbocycles. The fourth-order valence-corrected chi connectivity index (χ4v) is 3.48. The first-order valence-electron chi connectivity index (χ1n) is 8.98. The van der Waals surface area contributed by atoms with Crippen LogP contribution in [0.2, 0.25) is 0 Å². The molecule has 2 aromatic rings. The number of nitrogens with one attached hydrogen (secondary N) is 2. The highest BCUT2D eigenvalue weighted by Gasteiger charge is 2.13. The molecular weight excluding hydrogens is 396 g/mol. The summed E-state index contributed by atoms with van der Waals surface area (Å²) in [6.45, 7) is 0.256. The van der Waals surface area contributed by atoms with Gasteiger partial charge in [-0.1, -0.05) is 12.1 Å². The molecule has 0 saturated carbocycles. The lowest BCUT2D eigenvalue weighted by Gasteiger charge is -2.10. The number of benzene rings is 2. The fraction of sp³-hybridized carbons (Fsp3) is 0.350. The van der Waals surface area contributed by atoms with Gasteiger partial charge in [-0.25, -0.2) is 13.1 Å². The molecule has 0 spiro atoms. The molecule has 0 aromatic heterocycles. The van der Waals surface area contributed by atoms with E-state index in [1.165, 1.54) is 14.2 Å². The average Bonchev–Trinajstić information content (AvgIpc) is 2.73. The zero-order chi connectivity index (χ0) is 21.3. The second-order valence-corrected chi connectivity index (χ2v) is 8.09. The average molecular weight is 423 g/mol. The molecule has 0 saturated heterocycles. The number of amides is 1. The number of hydrogen-bond donors (Lipinski definition) is 2. The molecular formula is C20H26N2O6S. The predicted molar refractivity (Wildman–Crippen MR) is 110 cm³/mol. The minimum Gasteiger partial charge on any atom is -0.497 e. The predicted octanol–water partition coefficient (Wildman–Crippen LogP) is 1.60. The summed E-state index contributed by atoms with van der Waals surface area (Å²) in [5.41, 5.74) is 1.32. The largest absolute Gasteiger partial charge is 0.497 e. The Bertz CT molecular complexity index is 891. The maximum Gasteiger partial charge on any atom is 0.251 e. The first kappa shape index (κ1) is 22.5. The number of rotatable bonds is 11. The van der Waals surface area contributed by atoms with E-state index in [1.807, 2.05) is 24.3 Å². The molecule has 2 N–H and O–H groups in total. The topological polar surface area (TPSA) is 103 Å².